The summed E-state index contributed by atoms with van der Waals surface area (Å²) >= 11 is 0. The first-order valence-electron chi connectivity index (χ1n) is 10.6. The molecular weight excluding hydrogens is 338 g/mol. The molecular formula is C22H33N3O2. The van der Waals surface area contributed by atoms with E-state index in [9.17, 15) is 0 Å². The summed E-state index contributed by atoms with van der Waals surface area (Å²) in [6.07, 6.45) is 8.70. The molecule has 1 aromatic heterocycles. The van der Waals surface area contributed by atoms with Crippen molar-refractivity contribution in [2.75, 3.05) is 33.8 Å². The van der Waals surface area contributed by atoms with E-state index in [1.54, 1.807) is 0 Å². The molecule has 1 aliphatic carbocycles. The molecule has 0 bridgehead atoms. The van der Waals surface area contributed by atoms with Crippen LogP contribution in [0.4, 0.5) is 0 Å². The SMILES string of the molecule is CN(C)Cc1c(OCC2CC2)ccc2c(CCC3CCCNCC3)noc12. The van der Waals surface area contributed by atoms with Gasteiger partial charge in [0, 0.05) is 11.9 Å². The fourth-order valence-corrected chi connectivity index (χ4v) is 4.09. The highest BCUT2D eigenvalue weighted by Gasteiger charge is 2.24. The Morgan fingerprint density at radius 2 is 2.04 bits per heavy atom. The summed E-state index contributed by atoms with van der Waals surface area (Å²) in [4.78, 5) is 2.17. The summed E-state index contributed by atoms with van der Waals surface area (Å²) in [5.41, 5.74) is 3.15. The number of nitrogens with zero attached hydrogens (tertiary/aromatic N) is 2. The molecule has 148 valence electrons. The van der Waals surface area contributed by atoms with Gasteiger partial charge in [-0.15, -0.1) is 0 Å². The number of aromatic nitrogens is 1. The van der Waals surface area contributed by atoms with Gasteiger partial charge in [0.1, 0.15) is 5.75 Å². The average molecular weight is 372 g/mol. The molecule has 5 nitrogen and oxygen atoms in total. The van der Waals surface area contributed by atoms with Crippen LogP contribution in [0.25, 0.3) is 11.0 Å². The molecule has 27 heavy (non-hydrogen) atoms. The van der Waals surface area contributed by atoms with E-state index in [2.05, 4.69) is 41.6 Å². The Labute approximate surface area is 162 Å². The number of ether oxygens (including phenoxy) is 1. The second-order valence-electron chi connectivity index (χ2n) is 8.63. The normalized spacial score (nSPS) is 20.9. The van der Waals surface area contributed by atoms with Crippen molar-refractivity contribution in [1.29, 1.82) is 0 Å². The van der Waals surface area contributed by atoms with Crippen LogP contribution in [-0.2, 0) is 13.0 Å². The van der Waals surface area contributed by atoms with Gasteiger partial charge in [-0.1, -0.05) is 5.16 Å². The van der Waals surface area contributed by atoms with E-state index < -0.39 is 0 Å². The molecule has 0 amide bonds. The third-order valence-corrected chi connectivity index (χ3v) is 5.91. The van der Waals surface area contributed by atoms with Crippen LogP contribution < -0.4 is 10.1 Å². The number of rotatable bonds is 8. The van der Waals surface area contributed by atoms with E-state index in [1.807, 2.05) is 0 Å². The molecule has 0 spiro atoms. The van der Waals surface area contributed by atoms with Gasteiger partial charge in [-0.2, -0.15) is 0 Å². The highest BCUT2D eigenvalue weighted by molar-refractivity contribution is 5.84. The van der Waals surface area contributed by atoms with E-state index in [0.717, 1.165) is 65.9 Å². The van der Waals surface area contributed by atoms with Crippen molar-refractivity contribution in [3.8, 4) is 5.75 Å². The lowest BCUT2D eigenvalue weighted by atomic mass is 9.94. The second-order valence-corrected chi connectivity index (χ2v) is 8.63. The molecule has 1 N–H and O–H groups in total. The standard InChI is InChI=1S/C22H33N3O2/c1-25(2)14-19-21(26-15-17-5-6-17)10-8-18-20(24-27-22(18)19)9-7-16-4-3-12-23-13-11-16/h8,10,16-17,23H,3-7,9,11-15H2,1-2H3. The van der Waals surface area contributed by atoms with Gasteiger partial charge in [0.2, 0.25) is 0 Å². The predicted molar refractivity (Wildman–Crippen MR) is 108 cm³/mol. The number of aryl methyl sites for hydroxylation is 1. The lowest BCUT2D eigenvalue weighted by molar-refractivity contribution is 0.289. The molecule has 2 aliphatic rings. The van der Waals surface area contributed by atoms with Gasteiger partial charge in [0.25, 0.3) is 0 Å². The zero-order valence-electron chi connectivity index (χ0n) is 16.8. The van der Waals surface area contributed by atoms with Gasteiger partial charge in [0.15, 0.2) is 5.58 Å². The molecule has 2 fully saturated rings. The van der Waals surface area contributed by atoms with Gasteiger partial charge in [-0.05, 0) is 96.1 Å². The van der Waals surface area contributed by atoms with E-state index in [0.29, 0.717) is 0 Å². The van der Waals surface area contributed by atoms with Crippen LogP contribution in [0.1, 0.15) is 49.8 Å². The molecule has 5 heteroatoms. The average Bonchev–Trinajstić information content (AvgIpc) is 3.43. The van der Waals surface area contributed by atoms with E-state index >= 15 is 0 Å². The Kier molecular flexibility index (Phi) is 5.98. The summed E-state index contributed by atoms with van der Waals surface area (Å²) < 4.78 is 12.0. The molecule has 1 unspecified atom stereocenters. The summed E-state index contributed by atoms with van der Waals surface area (Å²) in [6.45, 7) is 3.95. The maximum atomic E-state index is 6.13. The first-order chi connectivity index (χ1) is 13.2. The molecule has 1 saturated carbocycles. The van der Waals surface area contributed by atoms with Gasteiger partial charge in [0.05, 0.1) is 17.9 Å². The topological polar surface area (TPSA) is 50.5 Å². The summed E-state index contributed by atoms with van der Waals surface area (Å²) in [5, 5.41) is 9.12. The van der Waals surface area contributed by atoms with Crippen molar-refractivity contribution in [3.63, 3.8) is 0 Å². The van der Waals surface area contributed by atoms with Crippen molar-refractivity contribution < 1.29 is 9.26 Å². The molecule has 1 atom stereocenters. The largest absolute Gasteiger partial charge is 0.493 e. The smallest absolute Gasteiger partial charge is 0.175 e. The third-order valence-electron chi connectivity index (χ3n) is 5.91. The van der Waals surface area contributed by atoms with Crippen molar-refractivity contribution in [2.24, 2.45) is 11.8 Å². The molecule has 2 aromatic rings. The zero-order valence-corrected chi connectivity index (χ0v) is 16.8. The van der Waals surface area contributed by atoms with Crippen molar-refractivity contribution in [2.45, 2.75) is 51.5 Å². The fourth-order valence-electron chi connectivity index (χ4n) is 4.09. The fraction of sp³-hybridized carbons (Fsp3) is 0.682. The van der Waals surface area contributed by atoms with Gasteiger partial charge in [-0.25, -0.2) is 0 Å². The second kappa shape index (κ2) is 8.61. The molecule has 0 radical (unpaired) electrons. The monoisotopic (exact) mass is 371 g/mol. The Morgan fingerprint density at radius 1 is 1.15 bits per heavy atom. The van der Waals surface area contributed by atoms with Crippen molar-refractivity contribution in [3.05, 3.63) is 23.4 Å². The first-order valence-corrected chi connectivity index (χ1v) is 10.6. The summed E-state index contributed by atoms with van der Waals surface area (Å²) in [6, 6.07) is 4.27. The van der Waals surface area contributed by atoms with Crippen LogP contribution in [0.3, 0.4) is 0 Å². The quantitative estimate of drug-likeness (QED) is 0.760. The van der Waals surface area contributed by atoms with Crippen LogP contribution in [0, 0.1) is 11.8 Å². The number of benzene rings is 1. The van der Waals surface area contributed by atoms with Crippen LogP contribution in [0.2, 0.25) is 0 Å². The van der Waals surface area contributed by atoms with E-state index in [-0.39, 0.29) is 0 Å². The zero-order chi connectivity index (χ0) is 18.6. The van der Waals surface area contributed by atoms with Crippen LogP contribution in [0.15, 0.2) is 16.7 Å². The minimum absolute atomic E-state index is 0.743. The van der Waals surface area contributed by atoms with E-state index in [4.69, 9.17) is 9.26 Å². The van der Waals surface area contributed by atoms with Gasteiger partial charge < -0.3 is 19.5 Å². The lowest BCUT2D eigenvalue weighted by Crippen LogP contribution is -2.14. The molecule has 4 rings (SSSR count). The first kappa shape index (κ1) is 18.8. The predicted octanol–water partition coefficient (Wildman–Crippen LogP) is 4.00. The molecule has 2 heterocycles. The number of fused-ring (bicyclic) bond motifs is 1. The maximum absolute atomic E-state index is 6.13. The Hall–Kier alpha value is -1.59. The van der Waals surface area contributed by atoms with Gasteiger partial charge >= 0.3 is 0 Å². The van der Waals surface area contributed by atoms with Crippen LogP contribution in [0.5, 0.6) is 5.75 Å². The number of hydrogen-bond acceptors (Lipinski definition) is 5. The Morgan fingerprint density at radius 3 is 2.85 bits per heavy atom. The maximum Gasteiger partial charge on any atom is 0.175 e. The van der Waals surface area contributed by atoms with Crippen LogP contribution in [-0.4, -0.2) is 43.8 Å². The summed E-state index contributed by atoms with van der Waals surface area (Å²) in [7, 11) is 4.17. The highest BCUT2D eigenvalue weighted by atomic mass is 16.5. The highest BCUT2D eigenvalue weighted by Crippen LogP contribution is 2.35. The minimum atomic E-state index is 0.743. The summed E-state index contributed by atoms with van der Waals surface area (Å²) in [5.74, 6) is 2.50. The lowest BCUT2D eigenvalue weighted by Gasteiger charge is -2.15. The Bertz CT molecular complexity index is 743. The van der Waals surface area contributed by atoms with Gasteiger partial charge in [-0.3, -0.25) is 0 Å². The van der Waals surface area contributed by atoms with Crippen LogP contribution >= 0.6 is 0 Å². The third kappa shape index (κ3) is 4.82. The number of nitrogens with one attached hydrogen (secondary N) is 1. The number of hydrogen-bond donors (Lipinski definition) is 1. The molecule has 1 aliphatic heterocycles. The molecule has 1 aromatic carbocycles. The minimum Gasteiger partial charge on any atom is -0.493 e. The van der Waals surface area contributed by atoms with E-state index in [1.165, 1.54) is 45.1 Å². The van der Waals surface area contributed by atoms with Crippen molar-refractivity contribution >= 4 is 11.0 Å². The molecule has 1 saturated heterocycles. The van der Waals surface area contributed by atoms with Crippen molar-refractivity contribution in [1.82, 2.24) is 15.4 Å². The Balaban J connectivity index is 1.51.